The lowest BCUT2D eigenvalue weighted by Crippen LogP contribution is -2.33. The number of nitrogen functional groups attached to an aromatic ring is 1. The van der Waals surface area contributed by atoms with Crippen LogP contribution in [-0.2, 0) is 41.4 Å². The summed E-state index contributed by atoms with van der Waals surface area (Å²) in [6.45, 7) is 7.33. The van der Waals surface area contributed by atoms with Crippen molar-refractivity contribution in [3.8, 4) is 5.88 Å². The number of allylic oxidation sites excluding steroid dienone is 4. The summed E-state index contributed by atoms with van der Waals surface area (Å²) >= 11 is 0. The first-order valence-electron chi connectivity index (χ1n) is 20.0. The highest BCUT2D eigenvalue weighted by atomic mass is 19.4. The van der Waals surface area contributed by atoms with Crippen molar-refractivity contribution >= 4 is 40.1 Å². The third-order valence-corrected chi connectivity index (χ3v) is 11.7. The molecular weight excluding hydrogens is 784 g/mol. The number of aromatic amines is 1. The number of aromatic nitrogens is 7. The Bertz CT molecular complexity index is 2710. The van der Waals surface area contributed by atoms with E-state index in [4.69, 9.17) is 10.5 Å². The number of halogens is 3. The summed E-state index contributed by atoms with van der Waals surface area (Å²) in [6, 6.07) is 20.0. The number of nitrogens with zero attached hydrogens (tertiary/aromatic N) is 8. The fourth-order valence-corrected chi connectivity index (χ4v) is 8.54. The highest BCUT2D eigenvalue weighted by Crippen LogP contribution is 2.49. The van der Waals surface area contributed by atoms with Crippen molar-refractivity contribution in [2.75, 3.05) is 31.3 Å². The molecule has 0 spiro atoms. The molecule has 2 aliphatic heterocycles. The summed E-state index contributed by atoms with van der Waals surface area (Å²) in [5, 5.41) is 11.6. The number of nitrogens with one attached hydrogen (secondary N) is 2. The number of alkyl halides is 3. The van der Waals surface area contributed by atoms with Crippen LogP contribution in [0.15, 0.2) is 103 Å². The fourth-order valence-electron chi connectivity index (χ4n) is 8.54. The van der Waals surface area contributed by atoms with Gasteiger partial charge in [-0.3, -0.25) is 4.79 Å². The summed E-state index contributed by atoms with van der Waals surface area (Å²) < 4.78 is 51.8. The highest BCUT2D eigenvalue weighted by molar-refractivity contribution is 6.03. The van der Waals surface area contributed by atoms with Crippen molar-refractivity contribution in [2.24, 2.45) is 0 Å². The molecule has 5 heterocycles. The molecule has 61 heavy (non-hydrogen) atoms. The molecule has 0 saturated carbocycles. The number of para-hydroxylation sites is 1. The fraction of sp³-hybridized carbons (Fsp3) is 0.311. The van der Waals surface area contributed by atoms with E-state index in [9.17, 15) is 18.0 Å². The molecule has 0 aliphatic carbocycles. The highest BCUT2D eigenvalue weighted by Gasteiger charge is 2.47. The lowest BCUT2D eigenvalue weighted by atomic mass is 9.78. The van der Waals surface area contributed by atoms with E-state index in [0.717, 1.165) is 51.2 Å². The van der Waals surface area contributed by atoms with Gasteiger partial charge in [0, 0.05) is 67.6 Å². The van der Waals surface area contributed by atoms with Crippen molar-refractivity contribution in [2.45, 2.75) is 70.2 Å². The number of hydrogen-bond donors (Lipinski definition) is 3. The number of H-pyrrole nitrogens is 1. The van der Waals surface area contributed by atoms with Gasteiger partial charge in [-0.2, -0.15) is 27.7 Å². The Morgan fingerprint density at radius 1 is 1.03 bits per heavy atom. The molecule has 1 atom stereocenters. The molecule has 1 unspecified atom stereocenters. The molecule has 4 N–H and O–H groups in total. The SMILES string of the molecule is CNC(=O)CC1(C)/C(=C/C=C/C2=[N+](CCCc3cn(Cc4ccc(COc5nc(N)nc6nc[nH]c56)cc4)nn3)c3ccc(C(F)(F)F)cc3C2(C)C)N(C)c2ccccc21. The Morgan fingerprint density at radius 2 is 1.80 bits per heavy atom. The number of nitrogens with two attached hydrogens (primary N) is 1. The second-order valence-corrected chi connectivity index (χ2v) is 16.2. The number of carbonyl (C=O) groups is 1. The number of carbonyl (C=O) groups excluding carboxylic acids is 1. The monoisotopic (exact) mass is 830 g/mol. The van der Waals surface area contributed by atoms with Crippen molar-refractivity contribution in [3.05, 3.63) is 137 Å². The van der Waals surface area contributed by atoms with E-state index in [1.807, 2.05) is 87.8 Å². The minimum Gasteiger partial charge on any atom is -0.471 e. The van der Waals surface area contributed by atoms with E-state index in [2.05, 4.69) is 58.0 Å². The predicted molar refractivity (Wildman–Crippen MR) is 227 cm³/mol. The van der Waals surface area contributed by atoms with Crippen molar-refractivity contribution < 1.29 is 27.3 Å². The quantitative estimate of drug-likeness (QED) is 0.103. The Kier molecular flexibility index (Phi) is 10.7. The van der Waals surface area contributed by atoms with Gasteiger partial charge in [-0.1, -0.05) is 53.8 Å². The average molecular weight is 831 g/mol. The van der Waals surface area contributed by atoms with Crippen LogP contribution in [0.4, 0.5) is 30.5 Å². The lowest BCUT2D eigenvalue weighted by Gasteiger charge is -2.28. The Balaban J connectivity index is 0.981. The zero-order valence-corrected chi connectivity index (χ0v) is 34.6. The maximum Gasteiger partial charge on any atom is 0.416 e. The molecule has 0 fully saturated rings. The van der Waals surface area contributed by atoms with Crippen LogP contribution in [0.2, 0.25) is 0 Å². The van der Waals surface area contributed by atoms with Crippen molar-refractivity contribution in [1.29, 1.82) is 0 Å². The number of aryl methyl sites for hydroxylation is 1. The van der Waals surface area contributed by atoms with Gasteiger partial charge in [-0.15, -0.1) is 5.10 Å². The van der Waals surface area contributed by atoms with E-state index in [1.54, 1.807) is 17.8 Å². The number of anilines is 2. The van der Waals surface area contributed by atoms with E-state index >= 15 is 0 Å². The van der Waals surface area contributed by atoms with E-state index < -0.39 is 22.6 Å². The normalized spacial score (nSPS) is 17.8. The van der Waals surface area contributed by atoms with Crippen LogP contribution in [0.3, 0.4) is 0 Å². The molecular formula is C45H47F3N11O2+. The minimum atomic E-state index is -4.47. The van der Waals surface area contributed by atoms with Crippen LogP contribution in [0.5, 0.6) is 5.88 Å². The van der Waals surface area contributed by atoms with Crippen LogP contribution in [0, 0.1) is 0 Å². The van der Waals surface area contributed by atoms with Gasteiger partial charge in [-0.05, 0) is 68.2 Å². The third kappa shape index (κ3) is 7.97. The predicted octanol–water partition coefficient (Wildman–Crippen LogP) is 7.17. The van der Waals surface area contributed by atoms with Gasteiger partial charge < -0.3 is 25.7 Å². The Labute approximate surface area is 350 Å². The second kappa shape index (κ2) is 16.0. The van der Waals surface area contributed by atoms with Crippen LogP contribution in [0.25, 0.3) is 11.2 Å². The summed E-state index contributed by atoms with van der Waals surface area (Å²) in [6.07, 6.45) is 6.48. The average Bonchev–Trinajstić information content (AvgIpc) is 3.98. The van der Waals surface area contributed by atoms with Crippen molar-refractivity contribution in [1.82, 2.24) is 40.2 Å². The molecule has 2 aliphatic rings. The molecule has 0 saturated heterocycles. The van der Waals surface area contributed by atoms with Crippen LogP contribution < -0.4 is 20.7 Å². The van der Waals surface area contributed by atoms with E-state index in [0.29, 0.717) is 48.5 Å². The Morgan fingerprint density at radius 3 is 2.57 bits per heavy atom. The van der Waals surface area contributed by atoms with Gasteiger partial charge in [0.25, 0.3) is 0 Å². The maximum atomic E-state index is 14.0. The second-order valence-electron chi connectivity index (χ2n) is 16.2. The molecule has 13 nitrogen and oxygen atoms in total. The first-order valence-corrected chi connectivity index (χ1v) is 20.0. The molecule has 8 rings (SSSR count). The largest absolute Gasteiger partial charge is 0.471 e. The van der Waals surface area contributed by atoms with Gasteiger partial charge >= 0.3 is 6.18 Å². The molecule has 3 aromatic carbocycles. The van der Waals surface area contributed by atoms with Gasteiger partial charge in [0.1, 0.15) is 18.7 Å². The standard InChI is InChI=1S/C45H46F3N11O2/c1-43(2)33-22-30(45(46,47)48)19-20-35(33)59(36(43)13-8-14-37-44(3,23-38(60)50-4)32-11-6-7-12-34(32)57(37)5)21-9-10-31-25-58(56-55-31)24-28-15-17-29(18-16-28)26-61-41-39-40(52-27-51-39)53-42(49)54-41/h6-8,11-20,22,25,27H,9-10,21,23-24,26H2,1-5H3,(H3-,49,50,51,52,53,54,55,56,60)/p+1. The Hall–Kier alpha value is -6.84. The number of imidazole rings is 1. The van der Waals surface area contributed by atoms with Gasteiger partial charge in [0.05, 0.1) is 29.5 Å². The third-order valence-electron chi connectivity index (χ3n) is 11.7. The molecule has 3 aromatic heterocycles. The molecule has 0 radical (unpaired) electrons. The number of fused-ring (bicyclic) bond motifs is 3. The number of benzene rings is 3. The molecule has 16 heteroatoms. The van der Waals surface area contributed by atoms with E-state index in [-0.39, 0.29) is 24.9 Å². The number of likely N-dealkylation sites (N-methyl/N-ethyl adjacent to an activating group) is 1. The summed E-state index contributed by atoms with van der Waals surface area (Å²) in [5.74, 6) is 0.340. The lowest BCUT2D eigenvalue weighted by molar-refractivity contribution is -0.438. The minimum absolute atomic E-state index is 0.0734. The first-order chi connectivity index (χ1) is 29.2. The van der Waals surface area contributed by atoms with Gasteiger partial charge in [0.2, 0.25) is 23.4 Å². The first kappa shape index (κ1) is 40.9. The maximum absolute atomic E-state index is 14.0. The smallest absolute Gasteiger partial charge is 0.416 e. The zero-order valence-electron chi connectivity index (χ0n) is 34.6. The molecule has 0 bridgehead atoms. The topological polar surface area (TPSA) is 156 Å². The number of amides is 1. The number of hydrogen-bond acceptors (Lipinski definition) is 9. The summed E-state index contributed by atoms with van der Waals surface area (Å²) in [5.41, 5.74) is 12.9. The van der Waals surface area contributed by atoms with E-state index in [1.165, 1.54) is 12.4 Å². The summed E-state index contributed by atoms with van der Waals surface area (Å²) in [7, 11) is 3.62. The zero-order chi connectivity index (χ0) is 43.1. The molecule has 314 valence electrons. The van der Waals surface area contributed by atoms with Gasteiger partial charge in [-0.25, -0.2) is 9.67 Å². The summed E-state index contributed by atoms with van der Waals surface area (Å²) in [4.78, 5) is 30.2. The van der Waals surface area contributed by atoms with Crippen LogP contribution in [0.1, 0.15) is 67.1 Å². The van der Waals surface area contributed by atoms with Gasteiger partial charge in [0.15, 0.2) is 11.4 Å². The van der Waals surface area contributed by atoms with Crippen LogP contribution in [-0.4, -0.2) is 71.8 Å². The number of rotatable bonds is 13. The van der Waals surface area contributed by atoms with Crippen LogP contribution >= 0.6 is 0 Å². The van der Waals surface area contributed by atoms with Crippen molar-refractivity contribution in [3.63, 3.8) is 0 Å². The number of ether oxygens (including phenoxy) is 1. The molecule has 1 amide bonds. The molecule has 6 aromatic rings.